The van der Waals surface area contributed by atoms with Crippen LogP contribution < -0.4 is 5.32 Å². The predicted octanol–water partition coefficient (Wildman–Crippen LogP) is 2.90. The van der Waals surface area contributed by atoms with E-state index in [4.69, 9.17) is 4.74 Å². The van der Waals surface area contributed by atoms with Crippen molar-refractivity contribution >= 4 is 18.3 Å². The lowest BCUT2D eigenvalue weighted by atomic mass is 9.83. The molecule has 6 heteroatoms. The molecular weight excluding hydrogens is 320 g/mol. The summed E-state index contributed by atoms with van der Waals surface area (Å²) in [6.45, 7) is 6.85. The Bertz CT molecular complexity index is 480. The number of rotatable bonds is 5. The minimum absolute atomic E-state index is 0.122. The van der Waals surface area contributed by atoms with Crippen molar-refractivity contribution in [1.82, 2.24) is 10.2 Å². The van der Waals surface area contributed by atoms with Crippen LogP contribution in [0.3, 0.4) is 0 Å². The first-order valence-electron chi connectivity index (χ1n) is 9.51. The number of amides is 2. The first-order chi connectivity index (χ1) is 11.8. The lowest BCUT2D eigenvalue weighted by molar-refractivity contribution is -0.138. The summed E-state index contributed by atoms with van der Waals surface area (Å²) >= 11 is 0. The molecule has 1 saturated heterocycles. The van der Waals surface area contributed by atoms with Gasteiger partial charge in [-0.3, -0.25) is 4.79 Å². The number of nitrogens with zero attached hydrogens (tertiary/aromatic N) is 1. The summed E-state index contributed by atoms with van der Waals surface area (Å²) in [5, 5.41) is 2.81. The number of alkyl carbamates (subject to hydrolysis) is 1. The van der Waals surface area contributed by atoms with Crippen LogP contribution in [0.5, 0.6) is 0 Å². The Labute approximate surface area is 150 Å². The largest absolute Gasteiger partial charge is 0.449 e. The third-order valence-electron chi connectivity index (χ3n) is 5.04. The van der Waals surface area contributed by atoms with Gasteiger partial charge in [0.1, 0.15) is 12.3 Å². The molecule has 2 amide bonds. The number of hydrogen-bond donors (Lipinski definition) is 1. The van der Waals surface area contributed by atoms with Gasteiger partial charge in [0.05, 0.1) is 12.6 Å². The molecule has 0 radical (unpaired) electrons. The second-order valence-corrected chi connectivity index (χ2v) is 8.53. The van der Waals surface area contributed by atoms with Crippen molar-refractivity contribution in [3.8, 4) is 0 Å². The molecule has 2 unspecified atom stereocenters. The number of aldehydes is 1. The molecule has 0 bridgehead atoms. The molecule has 0 spiro atoms. The fraction of sp³-hybridized carbons (Fsp3) is 0.842. The predicted molar refractivity (Wildman–Crippen MR) is 95.1 cm³/mol. The van der Waals surface area contributed by atoms with Gasteiger partial charge in [0, 0.05) is 6.54 Å². The van der Waals surface area contributed by atoms with E-state index in [9.17, 15) is 14.4 Å². The fourth-order valence-electron chi connectivity index (χ4n) is 3.69. The molecule has 0 aromatic carbocycles. The maximum Gasteiger partial charge on any atom is 0.407 e. The Morgan fingerprint density at radius 1 is 1.16 bits per heavy atom. The third-order valence-corrected chi connectivity index (χ3v) is 5.04. The second-order valence-electron chi connectivity index (χ2n) is 8.53. The van der Waals surface area contributed by atoms with Crippen LogP contribution >= 0.6 is 0 Å². The number of nitrogens with one attached hydrogen (secondary N) is 1. The van der Waals surface area contributed by atoms with Gasteiger partial charge in [-0.05, 0) is 37.0 Å². The quantitative estimate of drug-likeness (QED) is 0.772. The molecular formula is C19H32N2O4. The average Bonchev–Trinajstić information content (AvgIpc) is 3.06. The van der Waals surface area contributed by atoms with Crippen LogP contribution in [0.25, 0.3) is 0 Å². The molecule has 1 heterocycles. The van der Waals surface area contributed by atoms with Gasteiger partial charge in [-0.1, -0.05) is 40.0 Å². The number of hydrogen-bond acceptors (Lipinski definition) is 4. The highest BCUT2D eigenvalue weighted by Gasteiger charge is 2.38. The first kappa shape index (κ1) is 19.7. The third kappa shape index (κ3) is 5.72. The molecule has 1 aliphatic carbocycles. The zero-order valence-electron chi connectivity index (χ0n) is 15.8. The van der Waals surface area contributed by atoms with Crippen LogP contribution in [0.2, 0.25) is 0 Å². The molecule has 2 rings (SSSR count). The molecule has 1 N–H and O–H groups in total. The summed E-state index contributed by atoms with van der Waals surface area (Å²) in [6.07, 6.45) is 7.02. The molecule has 142 valence electrons. The Kier molecular flexibility index (Phi) is 6.85. The van der Waals surface area contributed by atoms with Crippen LogP contribution in [0.1, 0.15) is 65.7 Å². The van der Waals surface area contributed by atoms with E-state index in [1.165, 1.54) is 6.42 Å². The average molecular weight is 352 g/mol. The van der Waals surface area contributed by atoms with Gasteiger partial charge >= 0.3 is 6.09 Å². The molecule has 2 fully saturated rings. The van der Waals surface area contributed by atoms with Crippen molar-refractivity contribution in [2.75, 3.05) is 13.2 Å². The van der Waals surface area contributed by atoms with Gasteiger partial charge in [-0.25, -0.2) is 4.79 Å². The molecule has 0 aromatic heterocycles. The topological polar surface area (TPSA) is 75.7 Å². The van der Waals surface area contributed by atoms with Crippen molar-refractivity contribution < 1.29 is 19.1 Å². The highest BCUT2D eigenvalue weighted by molar-refractivity contribution is 5.88. The monoisotopic (exact) mass is 352 g/mol. The van der Waals surface area contributed by atoms with Gasteiger partial charge < -0.3 is 19.7 Å². The van der Waals surface area contributed by atoms with Crippen LogP contribution in [0, 0.1) is 11.3 Å². The van der Waals surface area contributed by atoms with Crippen LogP contribution in [-0.4, -0.2) is 48.4 Å². The first-order valence-corrected chi connectivity index (χ1v) is 9.51. The van der Waals surface area contributed by atoms with E-state index in [0.29, 0.717) is 19.6 Å². The van der Waals surface area contributed by atoms with Crippen LogP contribution in [-0.2, 0) is 14.3 Å². The van der Waals surface area contributed by atoms with Crippen molar-refractivity contribution in [3.05, 3.63) is 0 Å². The van der Waals surface area contributed by atoms with Gasteiger partial charge in [0.15, 0.2) is 0 Å². The summed E-state index contributed by atoms with van der Waals surface area (Å²) < 4.78 is 5.30. The van der Waals surface area contributed by atoms with Crippen LogP contribution in [0.15, 0.2) is 0 Å². The molecule has 6 nitrogen and oxygen atoms in total. The SMILES string of the molecule is CC(C)(C)COC(=O)NC(C(=O)N1CCCC1C=O)C1CCCCC1. The summed E-state index contributed by atoms with van der Waals surface area (Å²) in [5.74, 6) is -0.00875. The van der Waals surface area contributed by atoms with Crippen molar-refractivity contribution in [2.24, 2.45) is 11.3 Å². The normalized spacial score (nSPS) is 23.2. The summed E-state index contributed by atoms with van der Waals surface area (Å²) in [5.41, 5.74) is -0.126. The van der Waals surface area contributed by atoms with Gasteiger partial charge in [0.25, 0.3) is 0 Å². The molecule has 25 heavy (non-hydrogen) atoms. The number of carbonyl (C=O) groups excluding carboxylic acids is 3. The van der Waals surface area contributed by atoms with E-state index < -0.39 is 12.1 Å². The molecule has 1 aliphatic heterocycles. The highest BCUT2D eigenvalue weighted by atomic mass is 16.5. The van der Waals surface area contributed by atoms with E-state index in [0.717, 1.165) is 38.4 Å². The molecule has 2 aliphatic rings. The maximum absolute atomic E-state index is 13.0. The minimum atomic E-state index is -0.590. The highest BCUT2D eigenvalue weighted by Crippen LogP contribution is 2.29. The van der Waals surface area contributed by atoms with Crippen molar-refractivity contribution in [3.63, 3.8) is 0 Å². The number of ether oxygens (including phenoxy) is 1. The number of likely N-dealkylation sites (tertiary alicyclic amines) is 1. The van der Waals surface area contributed by atoms with Gasteiger partial charge in [-0.2, -0.15) is 0 Å². The Morgan fingerprint density at radius 2 is 1.84 bits per heavy atom. The number of carbonyl (C=O) groups is 3. The summed E-state index contributed by atoms with van der Waals surface area (Å²) in [6, 6.07) is -0.945. The van der Waals surface area contributed by atoms with E-state index in [1.807, 2.05) is 20.8 Å². The molecule has 0 aromatic rings. The lowest BCUT2D eigenvalue weighted by Gasteiger charge is -2.33. The Balaban J connectivity index is 2.05. The van der Waals surface area contributed by atoms with Crippen molar-refractivity contribution in [2.45, 2.75) is 77.8 Å². The standard InChI is InChI=1S/C19H32N2O4/c1-19(2,3)13-25-18(24)20-16(14-8-5-4-6-9-14)17(23)21-11-7-10-15(21)12-22/h12,14-16H,4-11,13H2,1-3H3,(H,20,24). The maximum atomic E-state index is 13.0. The Hall–Kier alpha value is -1.59. The fourth-order valence-corrected chi connectivity index (χ4v) is 3.69. The molecule has 1 saturated carbocycles. The van der Waals surface area contributed by atoms with E-state index in [2.05, 4.69) is 5.32 Å². The van der Waals surface area contributed by atoms with Gasteiger partial charge in [0.2, 0.25) is 5.91 Å². The van der Waals surface area contributed by atoms with Crippen molar-refractivity contribution in [1.29, 1.82) is 0 Å². The smallest absolute Gasteiger partial charge is 0.407 e. The second kappa shape index (κ2) is 8.68. The summed E-state index contributed by atoms with van der Waals surface area (Å²) in [7, 11) is 0. The summed E-state index contributed by atoms with van der Waals surface area (Å²) in [4.78, 5) is 38.2. The molecule has 2 atom stereocenters. The van der Waals surface area contributed by atoms with Gasteiger partial charge in [-0.15, -0.1) is 0 Å². The minimum Gasteiger partial charge on any atom is -0.449 e. The zero-order valence-corrected chi connectivity index (χ0v) is 15.8. The zero-order chi connectivity index (χ0) is 18.4. The van der Waals surface area contributed by atoms with E-state index in [1.54, 1.807) is 4.90 Å². The Morgan fingerprint density at radius 3 is 2.44 bits per heavy atom. The van der Waals surface area contributed by atoms with E-state index in [-0.39, 0.29) is 23.3 Å². The lowest BCUT2D eigenvalue weighted by Crippen LogP contribution is -2.54. The van der Waals surface area contributed by atoms with E-state index >= 15 is 0 Å². The van der Waals surface area contributed by atoms with Crippen LogP contribution in [0.4, 0.5) is 4.79 Å².